The fourth-order valence-corrected chi connectivity index (χ4v) is 2.58. The van der Waals surface area contributed by atoms with Crippen molar-refractivity contribution in [2.45, 2.75) is 32.1 Å². The molecule has 0 aliphatic carbocycles. The van der Waals surface area contributed by atoms with Crippen molar-refractivity contribution >= 4 is 11.8 Å². The van der Waals surface area contributed by atoms with Gasteiger partial charge in [0.05, 0.1) is 5.75 Å². The van der Waals surface area contributed by atoms with Crippen LogP contribution >= 0.6 is 11.8 Å². The van der Waals surface area contributed by atoms with E-state index in [1.165, 1.54) is 5.56 Å². The van der Waals surface area contributed by atoms with E-state index in [-0.39, 0.29) is 6.04 Å². The summed E-state index contributed by atoms with van der Waals surface area (Å²) in [5.74, 6) is 2.97. The number of rotatable bonds is 6. The van der Waals surface area contributed by atoms with Crippen molar-refractivity contribution in [3.63, 3.8) is 0 Å². The number of benzene rings is 1. The van der Waals surface area contributed by atoms with E-state index in [9.17, 15) is 0 Å². The maximum Gasteiger partial charge on any atom is 0.257 e. The number of hydrogen-bond acceptors (Lipinski definition) is 5. The van der Waals surface area contributed by atoms with Crippen LogP contribution in [0.15, 0.2) is 28.8 Å². The Labute approximate surface area is 117 Å². The molecule has 0 radical (unpaired) electrons. The Morgan fingerprint density at radius 2 is 2.26 bits per heavy atom. The van der Waals surface area contributed by atoms with Gasteiger partial charge in [0.25, 0.3) is 5.89 Å². The molecule has 0 amide bonds. The zero-order chi connectivity index (χ0) is 13.7. The smallest absolute Gasteiger partial charge is 0.257 e. The Balaban J connectivity index is 1.95. The molecule has 19 heavy (non-hydrogen) atoms. The van der Waals surface area contributed by atoms with Crippen LogP contribution in [0.4, 0.5) is 0 Å². The fourth-order valence-electron chi connectivity index (χ4n) is 1.63. The second-order valence-electron chi connectivity index (χ2n) is 4.57. The summed E-state index contributed by atoms with van der Waals surface area (Å²) in [4.78, 5) is 4.40. The van der Waals surface area contributed by atoms with Crippen molar-refractivity contribution in [2.75, 3.05) is 5.75 Å². The summed E-state index contributed by atoms with van der Waals surface area (Å²) in [5.41, 5.74) is 8.01. The second-order valence-corrected chi connectivity index (χ2v) is 5.60. The van der Waals surface area contributed by atoms with Crippen molar-refractivity contribution in [3.05, 3.63) is 35.7 Å². The highest BCUT2D eigenvalue weighted by molar-refractivity contribution is 7.98. The minimum absolute atomic E-state index is 0.244. The normalized spacial score (nSPS) is 12.6. The Morgan fingerprint density at radius 3 is 3.00 bits per heavy atom. The molecule has 2 N–H and O–H groups in total. The van der Waals surface area contributed by atoms with Crippen molar-refractivity contribution in [1.82, 2.24) is 10.1 Å². The fraction of sp³-hybridized carbons (Fsp3) is 0.429. The van der Waals surface area contributed by atoms with Gasteiger partial charge in [0, 0.05) is 17.4 Å². The molecule has 0 spiro atoms. The zero-order valence-corrected chi connectivity index (χ0v) is 12.1. The Bertz CT molecular complexity index is 527. The molecule has 1 unspecified atom stereocenters. The molecular weight excluding hydrogens is 258 g/mol. The summed E-state index contributed by atoms with van der Waals surface area (Å²) >= 11 is 1.74. The van der Waals surface area contributed by atoms with E-state index in [1.807, 2.05) is 31.2 Å². The van der Waals surface area contributed by atoms with Gasteiger partial charge in [-0.3, -0.25) is 0 Å². The lowest BCUT2D eigenvalue weighted by Crippen LogP contribution is -2.21. The molecule has 1 aromatic carbocycles. The first-order valence-electron chi connectivity index (χ1n) is 6.42. The molecule has 4 nitrogen and oxygen atoms in total. The summed E-state index contributed by atoms with van der Waals surface area (Å²) in [5, 5.41) is 4.00. The van der Waals surface area contributed by atoms with E-state index in [1.54, 1.807) is 11.8 Å². The van der Waals surface area contributed by atoms with Crippen LogP contribution in [0.2, 0.25) is 0 Å². The highest BCUT2D eigenvalue weighted by atomic mass is 32.2. The van der Waals surface area contributed by atoms with E-state index in [2.05, 4.69) is 17.1 Å². The Hall–Kier alpha value is -1.33. The molecule has 0 aliphatic rings. The van der Waals surface area contributed by atoms with Crippen molar-refractivity contribution in [1.29, 1.82) is 0 Å². The third-order valence-electron chi connectivity index (χ3n) is 2.82. The van der Waals surface area contributed by atoms with Crippen LogP contribution in [0.25, 0.3) is 11.5 Å². The van der Waals surface area contributed by atoms with Crippen LogP contribution in [0.3, 0.4) is 0 Å². The molecule has 0 saturated carbocycles. The molecule has 0 fully saturated rings. The maximum atomic E-state index is 5.86. The molecule has 1 atom stereocenters. The lowest BCUT2D eigenvalue weighted by Gasteiger charge is -2.05. The lowest BCUT2D eigenvalue weighted by molar-refractivity contribution is 0.425. The number of nitrogens with zero attached hydrogens (tertiary/aromatic N) is 2. The van der Waals surface area contributed by atoms with Crippen molar-refractivity contribution in [3.8, 4) is 11.5 Å². The first kappa shape index (κ1) is 14.1. The van der Waals surface area contributed by atoms with E-state index in [4.69, 9.17) is 10.3 Å². The minimum atomic E-state index is 0.244. The first-order chi connectivity index (χ1) is 9.19. The van der Waals surface area contributed by atoms with Gasteiger partial charge < -0.3 is 10.3 Å². The summed E-state index contributed by atoms with van der Waals surface area (Å²) < 4.78 is 5.28. The quantitative estimate of drug-likeness (QED) is 0.879. The predicted molar refractivity (Wildman–Crippen MR) is 78.9 cm³/mol. The van der Waals surface area contributed by atoms with Gasteiger partial charge in [-0.25, -0.2) is 0 Å². The molecule has 0 aliphatic heterocycles. The average molecular weight is 277 g/mol. The summed E-state index contributed by atoms with van der Waals surface area (Å²) in [7, 11) is 0. The summed E-state index contributed by atoms with van der Waals surface area (Å²) in [6, 6.07) is 8.29. The number of aryl methyl sites for hydroxylation is 1. The van der Waals surface area contributed by atoms with E-state index >= 15 is 0 Å². The minimum Gasteiger partial charge on any atom is -0.334 e. The van der Waals surface area contributed by atoms with Gasteiger partial charge in [-0.05, 0) is 25.5 Å². The number of aromatic nitrogens is 2. The number of nitrogens with two attached hydrogens (primary N) is 1. The number of hydrogen-bond donors (Lipinski definition) is 1. The third-order valence-corrected chi connectivity index (χ3v) is 3.95. The van der Waals surface area contributed by atoms with E-state index in [0.29, 0.717) is 5.89 Å². The predicted octanol–water partition coefficient (Wildman–Crippen LogP) is 3.02. The number of thioether (sulfide) groups is 1. The van der Waals surface area contributed by atoms with E-state index < -0.39 is 0 Å². The van der Waals surface area contributed by atoms with Crippen LogP contribution < -0.4 is 5.73 Å². The molecule has 102 valence electrons. The van der Waals surface area contributed by atoms with Gasteiger partial charge >= 0.3 is 0 Å². The van der Waals surface area contributed by atoms with Gasteiger partial charge in [0.1, 0.15) is 0 Å². The Kier molecular flexibility index (Phi) is 4.99. The van der Waals surface area contributed by atoms with Crippen LogP contribution in [-0.4, -0.2) is 21.9 Å². The second kappa shape index (κ2) is 6.73. The molecule has 2 aromatic rings. The van der Waals surface area contributed by atoms with Crippen LogP contribution in [0, 0.1) is 6.92 Å². The van der Waals surface area contributed by atoms with E-state index in [0.717, 1.165) is 29.3 Å². The largest absolute Gasteiger partial charge is 0.334 e. The molecule has 1 aromatic heterocycles. The van der Waals surface area contributed by atoms with Gasteiger partial charge in [-0.15, -0.1) is 0 Å². The van der Waals surface area contributed by atoms with Crippen molar-refractivity contribution in [2.24, 2.45) is 5.73 Å². The van der Waals surface area contributed by atoms with Crippen LogP contribution in [0.5, 0.6) is 0 Å². The molecular formula is C14H19N3OS. The lowest BCUT2D eigenvalue weighted by atomic mass is 10.1. The highest BCUT2D eigenvalue weighted by Crippen LogP contribution is 2.19. The molecule has 0 bridgehead atoms. The standard InChI is InChI=1S/C14H19N3OS/c1-3-12(15)8-19-9-13-16-14(18-17-13)11-6-4-5-10(2)7-11/h4-7,12H,3,8-9,15H2,1-2H3. The Morgan fingerprint density at radius 1 is 1.42 bits per heavy atom. The first-order valence-corrected chi connectivity index (χ1v) is 7.57. The van der Waals surface area contributed by atoms with Crippen LogP contribution in [-0.2, 0) is 5.75 Å². The SMILES string of the molecule is CCC(N)CSCc1noc(-c2cccc(C)c2)n1. The summed E-state index contributed by atoms with van der Waals surface area (Å²) in [6.45, 7) is 4.14. The van der Waals surface area contributed by atoms with Gasteiger partial charge in [-0.1, -0.05) is 29.8 Å². The zero-order valence-electron chi connectivity index (χ0n) is 11.3. The molecule has 2 rings (SSSR count). The monoisotopic (exact) mass is 277 g/mol. The van der Waals surface area contributed by atoms with Gasteiger partial charge in [0.2, 0.25) is 0 Å². The highest BCUT2D eigenvalue weighted by Gasteiger charge is 2.09. The molecule has 1 heterocycles. The van der Waals surface area contributed by atoms with Gasteiger partial charge in [0.15, 0.2) is 5.82 Å². The maximum absolute atomic E-state index is 5.86. The average Bonchev–Trinajstić information content (AvgIpc) is 2.87. The summed E-state index contributed by atoms with van der Waals surface area (Å²) in [6.07, 6.45) is 0.994. The molecule has 5 heteroatoms. The molecule has 0 saturated heterocycles. The topological polar surface area (TPSA) is 64.9 Å². The van der Waals surface area contributed by atoms with Crippen LogP contribution in [0.1, 0.15) is 24.7 Å². The van der Waals surface area contributed by atoms with Crippen molar-refractivity contribution < 1.29 is 4.52 Å². The van der Waals surface area contributed by atoms with Gasteiger partial charge in [-0.2, -0.15) is 16.7 Å². The third kappa shape index (κ3) is 4.08.